The van der Waals surface area contributed by atoms with Gasteiger partial charge >= 0.3 is 12.2 Å². The number of carbonyl (C=O) groups excluding carboxylic acids is 3. The van der Waals surface area contributed by atoms with Crippen molar-refractivity contribution < 1.29 is 32.3 Å². The molecule has 1 aliphatic carbocycles. The van der Waals surface area contributed by atoms with Crippen LogP contribution in [-0.4, -0.2) is 93.7 Å². The van der Waals surface area contributed by atoms with Gasteiger partial charge in [-0.05, 0) is 87.6 Å². The van der Waals surface area contributed by atoms with Crippen LogP contribution in [0.3, 0.4) is 0 Å². The van der Waals surface area contributed by atoms with Gasteiger partial charge in [-0.3, -0.25) is 19.8 Å². The molecule has 4 aliphatic rings. The molecule has 0 unspecified atom stereocenters. The van der Waals surface area contributed by atoms with Gasteiger partial charge < -0.3 is 24.4 Å². The normalized spacial score (nSPS) is 21.5. The number of hydrogen-bond acceptors (Lipinski definition) is 10. The van der Waals surface area contributed by atoms with E-state index in [4.69, 9.17) is 10.00 Å². The highest BCUT2D eigenvalue weighted by molar-refractivity contribution is 6.08. The lowest BCUT2D eigenvalue weighted by Crippen LogP contribution is -2.49. The molecule has 2 N–H and O–H groups in total. The van der Waals surface area contributed by atoms with Crippen molar-refractivity contribution in [3.05, 3.63) is 71.9 Å². The molecular weight excluding hydrogens is 754 g/mol. The molecule has 17 heteroatoms. The minimum atomic E-state index is -4.65. The van der Waals surface area contributed by atoms with E-state index in [9.17, 15) is 27.6 Å². The number of nitriles is 1. The van der Waals surface area contributed by atoms with Crippen LogP contribution in [0.2, 0.25) is 0 Å². The summed E-state index contributed by atoms with van der Waals surface area (Å²) in [4.78, 5) is 57.0. The largest absolute Gasteiger partial charge is 0.490 e. The first-order chi connectivity index (χ1) is 28.0. The van der Waals surface area contributed by atoms with Crippen molar-refractivity contribution in [1.82, 2.24) is 35.1 Å². The van der Waals surface area contributed by atoms with Crippen LogP contribution < -0.4 is 25.2 Å². The zero-order chi connectivity index (χ0) is 40.4. The number of fused-ring (bicyclic) bond motifs is 1. The summed E-state index contributed by atoms with van der Waals surface area (Å²) in [5.41, 5.74) is -0.185. The summed E-state index contributed by atoms with van der Waals surface area (Å²) in [6.07, 6.45) is 8.76. The van der Waals surface area contributed by atoms with Crippen LogP contribution >= 0.6 is 0 Å². The zero-order valence-corrected chi connectivity index (χ0v) is 32.0. The number of nitrogens with zero attached hydrogens (tertiary/aromatic N) is 8. The van der Waals surface area contributed by atoms with Gasteiger partial charge in [-0.2, -0.15) is 18.4 Å². The van der Waals surface area contributed by atoms with E-state index in [-0.39, 0.29) is 41.8 Å². The number of benzene rings is 1. The summed E-state index contributed by atoms with van der Waals surface area (Å²) in [7, 11) is 0. The lowest BCUT2D eigenvalue weighted by Gasteiger charge is -2.38. The average molecular weight is 799 g/mol. The Labute approximate surface area is 333 Å². The smallest absolute Gasteiger partial charge is 0.417 e. The van der Waals surface area contributed by atoms with Gasteiger partial charge in [0.15, 0.2) is 0 Å². The molecule has 1 saturated carbocycles. The van der Waals surface area contributed by atoms with Gasteiger partial charge in [0.2, 0.25) is 5.91 Å². The minimum Gasteiger partial charge on any atom is -0.490 e. The summed E-state index contributed by atoms with van der Waals surface area (Å²) >= 11 is 0. The topological polar surface area (TPSA) is 162 Å². The summed E-state index contributed by atoms with van der Waals surface area (Å²) in [6.45, 7) is 5.11. The van der Waals surface area contributed by atoms with E-state index in [2.05, 4.69) is 46.1 Å². The van der Waals surface area contributed by atoms with E-state index in [0.717, 1.165) is 87.3 Å². The number of anilines is 2. The third kappa shape index (κ3) is 8.57. The summed E-state index contributed by atoms with van der Waals surface area (Å²) in [5, 5.41) is 15.3. The second kappa shape index (κ2) is 16.6. The molecule has 3 aromatic heterocycles. The fourth-order valence-electron chi connectivity index (χ4n) is 8.77. The first-order valence-electron chi connectivity index (χ1n) is 20.0. The standard InChI is InChI=1S/C41H45F3N10O4/c42-41(43,44)33-21-31(4-1-27(33)22-45)58-30-5-2-28(3-6-30)49-39(56)34-23-48-36(24-47-34)52-17-8-26(9-18-52)25-51-15-10-29(11-16-51)53-19-12-32-35(53)7-14-46-38(32)54-20-13-37(55)50-40(54)57/h1,4,7,12,14,19,21,23-24,26,28-30H,2-3,5-6,8-11,13,15-18,20,25H2,(H,49,56)(H,50,55,57)/t28-,30-. The highest BCUT2D eigenvalue weighted by Crippen LogP contribution is 2.36. The third-order valence-electron chi connectivity index (χ3n) is 11.9. The van der Waals surface area contributed by atoms with Gasteiger partial charge in [0, 0.05) is 75.6 Å². The maximum atomic E-state index is 13.4. The van der Waals surface area contributed by atoms with Crippen LogP contribution in [0.15, 0.2) is 55.1 Å². The predicted molar refractivity (Wildman–Crippen MR) is 207 cm³/mol. The van der Waals surface area contributed by atoms with Crippen molar-refractivity contribution in [2.45, 2.75) is 82.2 Å². The van der Waals surface area contributed by atoms with Gasteiger partial charge in [0.1, 0.15) is 23.1 Å². The quantitative estimate of drug-likeness (QED) is 0.211. The molecule has 4 fully saturated rings. The second-order valence-corrected chi connectivity index (χ2v) is 15.6. The number of imide groups is 1. The van der Waals surface area contributed by atoms with Gasteiger partial charge in [-0.15, -0.1) is 0 Å². The van der Waals surface area contributed by atoms with Crippen LogP contribution in [0, 0.1) is 17.2 Å². The molecule has 0 radical (unpaired) electrons. The van der Waals surface area contributed by atoms with E-state index in [1.54, 1.807) is 23.4 Å². The van der Waals surface area contributed by atoms with E-state index in [0.29, 0.717) is 50.0 Å². The predicted octanol–water partition coefficient (Wildman–Crippen LogP) is 5.84. The number of alkyl halides is 3. The van der Waals surface area contributed by atoms with Crippen molar-refractivity contribution in [2.24, 2.45) is 5.92 Å². The van der Waals surface area contributed by atoms with Crippen LogP contribution in [-0.2, 0) is 11.0 Å². The third-order valence-corrected chi connectivity index (χ3v) is 11.9. The number of ether oxygens (including phenoxy) is 1. The second-order valence-electron chi connectivity index (χ2n) is 15.6. The fourth-order valence-corrected chi connectivity index (χ4v) is 8.77. The van der Waals surface area contributed by atoms with Crippen LogP contribution in [0.5, 0.6) is 5.75 Å². The number of amides is 4. The molecule has 0 spiro atoms. The number of hydrogen-bond donors (Lipinski definition) is 2. The number of halogens is 3. The monoisotopic (exact) mass is 798 g/mol. The van der Waals surface area contributed by atoms with E-state index in [1.807, 2.05) is 12.1 Å². The first-order valence-corrected chi connectivity index (χ1v) is 20.0. The van der Waals surface area contributed by atoms with E-state index in [1.165, 1.54) is 12.3 Å². The van der Waals surface area contributed by atoms with Crippen molar-refractivity contribution >= 4 is 40.4 Å². The molecule has 3 saturated heterocycles. The van der Waals surface area contributed by atoms with Crippen LogP contribution in [0.1, 0.15) is 85.4 Å². The minimum absolute atomic E-state index is 0.0699. The number of nitrogens with one attached hydrogen (secondary N) is 2. The molecular formula is C41H45F3N10O4. The molecule has 0 bridgehead atoms. The van der Waals surface area contributed by atoms with Gasteiger partial charge in [0.25, 0.3) is 5.91 Å². The molecule has 8 rings (SSSR count). The van der Waals surface area contributed by atoms with E-state index < -0.39 is 23.3 Å². The Kier molecular flexibility index (Phi) is 11.2. The Bertz CT molecular complexity index is 2180. The number of likely N-dealkylation sites (tertiary alicyclic amines) is 1. The Morgan fingerprint density at radius 3 is 2.40 bits per heavy atom. The number of pyridine rings is 1. The Hall–Kier alpha value is -5.76. The van der Waals surface area contributed by atoms with Crippen molar-refractivity contribution in [3.63, 3.8) is 0 Å². The van der Waals surface area contributed by atoms with Gasteiger partial charge in [-0.25, -0.2) is 19.7 Å². The number of aromatic nitrogens is 4. The maximum Gasteiger partial charge on any atom is 0.417 e. The molecule has 4 aromatic rings. The molecule has 6 heterocycles. The highest BCUT2D eigenvalue weighted by Gasteiger charge is 2.35. The summed E-state index contributed by atoms with van der Waals surface area (Å²) in [5.74, 6) is 1.40. The van der Waals surface area contributed by atoms with Gasteiger partial charge in [-0.1, -0.05) is 0 Å². The Morgan fingerprint density at radius 2 is 1.71 bits per heavy atom. The fraction of sp³-hybridized carbons (Fsp3) is 0.488. The van der Waals surface area contributed by atoms with Crippen LogP contribution in [0.4, 0.5) is 29.6 Å². The van der Waals surface area contributed by atoms with E-state index >= 15 is 0 Å². The molecule has 58 heavy (non-hydrogen) atoms. The zero-order valence-electron chi connectivity index (χ0n) is 32.0. The van der Waals surface area contributed by atoms with Gasteiger partial charge in [0.05, 0.1) is 41.2 Å². The molecule has 3 aliphatic heterocycles. The molecule has 0 atom stereocenters. The summed E-state index contributed by atoms with van der Waals surface area (Å²) in [6, 6.07) is 8.77. The summed E-state index contributed by atoms with van der Waals surface area (Å²) < 4.78 is 48.2. The molecule has 14 nitrogen and oxygen atoms in total. The Morgan fingerprint density at radius 1 is 0.931 bits per heavy atom. The maximum absolute atomic E-state index is 13.4. The molecule has 1 aromatic carbocycles. The number of piperidine rings is 2. The lowest BCUT2D eigenvalue weighted by molar-refractivity contribution is -0.138. The highest BCUT2D eigenvalue weighted by atomic mass is 19.4. The van der Waals surface area contributed by atoms with Crippen LogP contribution in [0.25, 0.3) is 10.9 Å². The molecule has 304 valence electrons. The van der Waals surface area contributed by atoms with Crippen molar-refractivity contribution in [2.75, 3.05) is 49.1 Å². The van der Waals surface area contributed by atoms with Crippen molar-refractivity contribution in [3.8, 4) is 11.8 Å². The molecule has 4 amide bonds. The SMILES string of the molecule is N#Cc1ccc(O[C@H]2CC[C@H](NC(=O)c3cnc(N4CCC(CN5CCC(n6ccc7c(N8CCC(=O)NC8=O)nccc76)CC5)CC4)cn3)CC2)cc1C(F)(F)F. The average Bonchev–Trinajstić information content (AvgIpc) is 3.67. The number of urea groups is 1. The Balaban J connectivity index is 0.759. The van der Waals surface area contributed by atoms with Crippen molar-refractivity contribution in [1.29, 1.82) is 5.26 Å². The first kappa shape index (κ1) is 39.1. The lowest BCUT2D eigenvalue weighted by atomic mass is 9.92. The number of rotatable bonds is 9. The number of carbonyl (C=O) groups is 3.